The van der Waals surface area contributed by atoms with Crippen molar-refractivity contribution in [3.63, 3.8) is 0 Å². The van der Waals surface area contributed by atoms with Gasteiger partial charge in [0.15, 0.2) is 0 Å². The predicted octanol–water partition coefficient (Wildman–Crippen LogP) is 3.46. The second-order valence-corrected chi connectivity index (χ2v) is 5.80. The zero-order chi connectivity index (χ0) is 13.3. The Morgan fingerprint density at radius 3 is 2.42 bits per heavy atom. The Labute approximate surface area is 125 Å². The smallest absolute Gasteiger partial charge is 0.255 e. The van der Waals surface area contributed by atoms with E-state index in [1.165, 1.54) is 6.42 Å². The van der Waals surface area contributed by atoms with E-state index in [2.05, 4.69) is 13.8 Å². The van der Waals surface area contributed by atoms with Gasteiger partial charge in [-0.2, -0.15) is 0 Å². The Balaban J connectivity index is 0.00000180. The molecule has 2 rings (SSSR count). The average Bonchev–Trinajstić information content (AvgIpc) is 2.26. The number of anilines is 1. The molecule has 1 heterocycles. The van der Waals surface area contributed by atoms with Crippen LogP contribution in [0.4, 0.5) is 5.69 Å². The van der Waals surface area contributed by atoms with Gasteiger partial charge < -0.3 is 10.6 Å². The number of nitrogens with zero attached hydrogens (tertiary/aromatic N) is 1. The van der Waals surface area contributed by atoms with Gasteiger partial charge in [0.1, 0.15) is 0 Å². The summed E-state index contributed by atoms with van der Waals surface area (Å²) in [4.78, 5) is 14.3. The standard InChI is InChI=1S/C14H19ClN2O.ClH/c1-9-5-10(2)8-17(7-9)14(18)12-4-3-11(16)6-13(12)15;/h3-4,6,9-10H,5,7-8,16H2,1-2H3;1H. The molecule has 1 aliphatic rings. The van der Waals surface area contributed by atoms with Crippen molar-refractivity contribution >= 4 is 35.6 Å². The van der Waals surface area contributed by atoms with Crippen molar-refractivity contribution in [3.8, 4) is 0 Å². The van der Waals surface area contributed by atoms with Gasteiger partial charge in [-0.15, -0.1) is 12.4 Å². The summed E-state index contributed by atoms with van der Waals surface area (Å²) in [6.45, 7) is 5.98. The van der Waals surface area contributed by atoms with E-state index in [0.29, 0.717) is 28.1 Å². The first kappa shape index (κ1) is 16.1. The minimum atomic E-state index is 0. The molecule has 106 valence electrons. The minimum Gasteiger partial charge on any atom is -0.399 e. The lowest BCUT2D eigenvalue weighted by Gasteiger charge is -2.35. The van der Waals surface area contributed by atoms with Crippen LogP contribution >= 0.6 is 24.0 Å². The van der Waals surface area contributed by atoms with E-state index in [9.17, 15) is 4.79 Å². The van der Waals surface area contributed by atoms with Gasteiger partial charge in [-0.05, 0) is 36.5 Å². The van der Waals surface area contributed by atoms with Gasteiger partial charge in [0, 0.05) is 18.8 Å². The number of benzene rings is 1. The van der Waals surface area contributed by atoms with Gasteiger partial charge in [-0.1, -0.05) is 25.4 Å². The molecule has 1 aromatic rings. The maximum Gasteiger partial charge on any atom is 0.255 e. The quantitative estimate of drug-likeness (QED) is 0.808. The second-order valence-electron chi connectivity index (χ2n) is 5.40. The van der Waals surface area contributed by atoms with Crippen molar-refractivity contribution in [2.75, 3.05) is 18.8 Å². The number of hydrogen-bond acceptors (Lipinski definition) is 2. The number of amides is 1. The summed E-state index contributed by atoms with van der Waals surface area (Å²) in [6, 6.07) is 5.06. The molecule has 1 aliphatic heterocycles. The molecule has 0 radical (unpaired) electrons. The van der Waals surface area contributed by atoms with Crippen LogP contribution in [0.25, 0.3) is 0 Å². The van der Waals surface area contributed by atoms with Gasteiger partial charge in [-0.3, -0.25) is 4.79 Å². The summed E-state index contributed by atoms with van der Waals surface area (Å²) in [5.74, 6) is 1.11. The highest BCUT2D eigenvalue weighted by atomic mass is 35.5. The van der Waals surface area contributed by atoms with Crippen molar-refractivity contribution < 1.29 is 4.79 Å². The third-order valence-electron chi connectivity index (χ3n) is 3.38. The highest BCUT2D eigenvalue weighted by Crippen LogP contribution is 2.25. The third kappa shape index (κ3) is 3.77. The molecule has 1 fully saturated rings. The van der Waals surface area contributed by atoms with Crippen LogP contribution in [0.1, 0.15) is 30.6 Å². The van der Waals surface area contributed by atoms with E-state index < -0.39 is 0 Å². The largest absolute Gasteiger partial charge is 0.399 e. The van der Waals surface area contributed by atoms with Crippen LogP contribution in [-0.4, -0.2) is 23.9 Å². The molecule has 19 heavy (non-hydrogen) atoms. The normalized spacial score (nSPS) is 22.8. The molecule has 0 aliphatic carbocycles. The van der Waals surface area contributed by atoms with Gasteiger partial charge >= 0.3 is 0 Å². The number of likely N-dealkylation sites (tertiary alicyclic amines) is 1. The molecule has 0 spiro atoms. The number of hydrogen-bond donors (Lipinski definition) is 1. The molecule has 0 aromatic heterocycles. The second kappa shape index (κ2) is 6.49. The van der Waals surface area contributed by atoms with Crippen LogP contribution in [0.15, 0.2) is 18.2 Å². The number of rotatable bonds is 1. The van der Waals surface area contributed by atoms with Crippen molar-refractivity contribution in [2.45, 2.75) is 20.3 Å². The molecule has 1 aromatic carbocycles. The Morgan fingerprint density at radius 1 is 1.32 bits per heavy atom. The number of halogens is 2. The summed E-state index contributed by atoms with van der Waals surface area (Å²) < 4.78 is 0. The molecule has 2 atom stereocenters. The summed E-state index contributed by atoms with van der Waals surface area (Å²) in [7, 11) is 0. The molecule has 1 saturated heterocycles. The number of nitrogens with two attached hydrogens (primary N) is 1. The van der Waals surface area contributed by atoms with Crippen molar-refractivity contribution in [3.05, 3.63) is 28.8 Å². The molecule has 1 amide bonds. The van der Waals surface area contributed by atoms with Gasteiger partial charge in [0.2, 0.25) is 0 Å². The number of piperidine rings is 1. The molecular formula is C14H20Cl2N2O. The Kier molecular flexibility index (Phi) is 5.50. The van der Waals surface area contributed by atoms with Gasteiger partial charge in [-0.25, -0.2) is 0 Å². The SMILES string of the molecule is CC1CC(C)CN(C(=O)c2ccc(N)cc2Cl)C1.Cl. The van der Waals surface area contributed by atoms with E-state index in [-0.39, 0.29) is 18.3 Å². The predicted molar refractivity (Wildman–Crippen MR) is 82.0 cm³/mol. The van der Waals surface area contributed by atoms with Crippen LogP contribution in [0.5, 0.6) is 0 Å². The lowest BCUT2D eigenvalue weighted by Crippen LogP contribution is -2.42. The fourth-order valence-corrected chi connectivity index (χ4v) is 2.97. The fraction of sp³-hybridized carbons (Fsp3) is 0.500. The third-order valence-corrected chi connectivity index (χ3v) is 3.69. The number of carbonyl (C=O) groups excluding carboxylic acids is 1. The maximum atomic E-state index is 12.4. The average molecular weight is 303 g/mol. The van der Waals surface area contributed by atoms with Crippen molar-refractivity contribution in [2.24, 2.45) is 11.8 Å². The Morgan fingerprint density at radius 2 is 1.89 bits per heavy atom. The van der Waals surface area contributed by atoms with E-state index >= 15 is 0 Å². The zero-order valence-corrected chi connectivity index (χ0v) is 12.8. The highest BCUT2D eigenvalue weighted by Gasteiger charge is 2.27. The lowest BCUT2D eigenvalue weighted by molar-refractivity contribution is 0.0623. The maximum absolute atomic E-state index is 12.4. The molecule has 0 bridgehead atoms. The first-order valence-corrected chi connectivity index (χ1v) is 6.69. The Hall–Kier alpha value is -0.930. The van der Waals surface area contributed by atoms with Crippen LogP contribution < -0.4 is 5.73 Å². The van der Waals surface area contributed by atoms with Gasteiger partial charge in [0.25, 0.3) is 5.91 Å². The topological polar surface area (TPSA) is 46.3 Å². The monoisotopic (exact) mass is 302 g/mol. The molecule has 2 unspecified atom stereocenters. The van der Waals surface area contributed by atoms with Crippen molar-refractivity contribution in [1.82, 2.24) is 4.90 Å². The molecule has 0 saturated carbocycles. The van der Waals surface area contributed by atoms with Crippen molar-refractivity contribution in [1.29, 1.82) is 0 Å². The summed E-state index contributed by atoms with van der Waals surface area (Å²) in [5, 5.41) is 0.436. The van der Waals surface area contributed by atoms with E-state index in [1.54, 1.807) is 18.2 Å². The molecular weight excluding hydrogens is 283 g/mol. The first-order chi connectivity index (χ1) is 8.47. The summed E-state index contributed by atoms with van der Waals surface area (Å²) >= 11 is 6.09. The van der Waals surface area contributed by atoms with E-state index in [1.807, 2.05) is 4.90 Å². The number of carbonyl (C=O) groups is 1. The highest BCUT2D eigenvalue weighted by molar-refractivity contribution is 6.34. The zero-order valence-electron chi connectivity index (χ0n) is 11.2. The Bertz CT molecular complexity index is 455. The minimum absolute atomic E-state index is 0. The fourth-order valence-electron chi connectivity index (χ4n) is 2.70. The van der Waals surface area contributed by atoms with Gasteiger partial charge in [0.05, 0.1) is 10.6 Å². The molecule has 3 nitrogen and oxygen atoms in total. The van der Waals surface area contributed by atoms with Crippen LogP contribution in [0.2, 0.25) is 5.02 Å². The first-order valence-electron chi connectivity index (χ1n) is 6.31. The summed E-state index contributed by atoms with van der Waals surface area (Å²) in [5.41, 5.74) is 6.77. The van der Waals surface area contributed by atoms with E-state index in [4.69, 9.17) is 17.3 Å². The molecule has 5 heteroatoms. The van der Waals surface area contributed by atoms with E-state index in [0.717, 1.165) is 13.1 Å². The number of nitrogen functional groups attached to an aromatic ring is 1. The van der Waals surface area contributed by atoms with Crippen LogP contribution in [0.3, 0.4) is 0 Å². The van der Waals surface area contributed by atoms with Crippen LogP contribution in [-0.2, 0) is 0 Å². The molecule has 2 N–H and O–H groups in total. The van der Waals surface area contributed by atoms with Crippen LogP contribution in [0, 0.1) is 11.8 Å². The summed E-state index contributed by atoms with van der Waals surface area (Å²) in [6.07, 6.45) is 1.18. The lowest BCUT2D eigenvalue weighted by atomic mass is 9.91.